The minimum atomic E-state index is -0.0961. The quantitative estimate of drug-likeness (QED) is 0.513. The van der Waals surface area contributed by atoms with E-state index in [0.717, 1.165) is 30.5 Å². The van der Waals surface area contributed by atoms with Gasteiger partial charge < -0.3 is 20.2 Å². The average Bonchev–Trinajstić information content (AvgIpc) is 2.42. The molecule has 0 saturated carbocycles. The second-order valence-electron chi connectivity index (χ2n) is 6.05. The number of rotatable bonds is 5. The summed E-state index contributed by atoms with van der Waals surface area (Å²) in [6.45, 7) is 7.30. The zero-order valence-corrected chi connectivity index (χ0v) is 13.3. The molecule has 1 aromatic carbocycles. The van der Waals surface area contributed by atoms with E-state index in [4.69, 9.17) is 10.5 Å². The van der Waals surface area contributed by atoms with Crippen LogP contribution in [0.4, 0.5) is 11.4 Å². The Bertz CT molecular complexity index is 576. The largest absolute Gasteiger partial charge is 0.495 e. The first-order valence-electron chi connectivity index (χ1n) is 7.29. The zero-order chi connectivity index (χ0) is 15.6. The number of nitrogens with zero attached hydrogens (tertiary/aromatic N) is 1. The molecule has 0 aliphatic carbocycles. The number of nitrogens with two attached hydrogens (primary N) is 1. The van der Waals surface area contributed by atoms with Gasteiger partial charge in [0.15, 0.2) is 0 Å². The highest BCUT2D eigenvalue weighted by molar-refractivity contribution is 5.85. The Morgan fingerprint density at radius 3 is 2.71 bits per heavy atom. The number of unbranched alkanes of at least 4 members (excludes halogenated alkanes) is 1. The van der Waals surface area contributed by atoms with E-state index in [-0.39, 0.29) is 5.54 Å². The number of carbonyl (C=O) groups excluding carboxylic acids is 1. The van der Waals surface area contributed by atoms with Gasteiger partial charge in [0.1, 0.15) is 12.0 Å². The first-order valence-corrected chi connectivity index (χ1v) is 7.29. The van der Waals surface area contributed by atoms with Crippen LogP contribution in [0.15, 0.2) is 18.2 Å². The lowest BCUT2D eigenvalue weighted by atomic mass is 9.88. The number of hydrogen-bond donors (Lipinski definition) is 1. The predicted octanol–water partition coefficient (Wildman–Crippen LogP) is 3.26. The Kier molecular flexibility index (Phi) is 4.26. The first kappa shape index (κ1) is 15.4. The minimum absolute atomic E-state index is 0.0961. The summed E-state index contributed by atoms with van der Waals surface area (Å²) in [4.78, 5) is 12.9. The maximum atomic E-state index is 10.6. The smallest absolute Gasteiger partial charge is 0.143 e. The molecule has 114 valence electrons. The number of anilines is 2. The summed E-state index contributed by atoms with van der Waals surface area (Å²) in [5, 5.41) is 0. The van der Waals surface area contributed by atoms with Crippen LogP contribution in [0, 0.1) is 0 Å². The molecule has 1 aromatic rings. The highest BCUT2D eigenvalue weighted by Gasteiger charge is 2.31. The lowest BCUT2D eigenvalue weighted by molar-refractivity contribution is -0.107. The summed E-state index contributed by atoms with van der Waals surface area (Å²) in [7, 11) is 1.63. The second kappa shape index (κ2) is 5.80. The van der Waals surface area contributed by atoms with E-state index in [9.17, 15) is 4.79 Å². The molecule has 0 amide bonds. The fraction of sp³-hybridized carbons (Fsp3) is 0.471. The number of nitrogen functional groups attached to an aromatic ring is 1. The molecule has 2 rings (SSSR count). The van der Waals surface area contributed by atoms with Crippen molar-refractivity contribution in [1.82, 2.24) is 0 Å². The van der Waals surface area contributed by atoms with E-state index < -0.39 is 0 Å². The lowest BCUT2D eigenvalue weighted by Gasteiger charge is -2.43. The van der Waals surface area contributed by atoms with Gasteiger partial charge in [0, 0.05) is 30.3 Å². The van der Waals surface area contributed by atoms with E-state index in [0.29, 0.717) is 17.9 Å². The Hall–Kier alpha value is -1.97. The van der Waals surface area contributed by atoms with Crippen LogP contribution >= 0.6 is 0 Å². The van der Waals surface area contributed by atoms with Gasteiger partial charge in [-0.05, 0) is 38.8 Å². The van der Waals surface area contributed by atoms with Crippen LogP contribution in [0.1, 0.15) is 39.2 Å². The van der Waals surface area contributed by atoms with Gasteiger partial charge in [-0.1, -0.05) is 6.08 Å². The van der Waals surface area contributed by atoms with Gasteiger partial charge in [-0.15, -0.1) is 0 Å². The van der Waals surface area contributed by atoms with Crippen molar-refractivity contribution in [2.75, 3.05) is 24.3 Å². The lowest BCUT2D eigenvalue weighted by Crippen LogP contribution is -2.45. The number of methoxy groups -OCH3 is 1. The standard InChI is InChI=1S/C17H24N2O2/c1-12-11-17(2,3)19(7-5-6-8-20)15-10-16(21-4)14(18)9-13(12)15/h8-11H,5-7,18H2,1-4H3. The van der Waals surface area contributed by atoms with Crippen LogP contribution in [-0.2, 0) is 4.79 Å². The summed E-state index contributed by atoms with van der Waals surface area (Å²) in [5.74, 6) is 0.694. The Morgan fingerprint density at radius 1 is 1.38 bits per heavy atom. The van der Waals surface area contributed by atoms with Crippen LogP contribution < -0.4 is 15.4 Å². The maximum absolute atomic E-state index is 10.6. The molecular formula is C17H24N2O2. The van der Waals surface area contributed by atoms with Gasteiger partial charge in [-0.3, -0.25) is 0 Å². The third-order valence-corrected chi connectivity index (χ3v) is 4.03. The Morgan fingerprint density at radius 2 is 2.10 bits per heavy atom. The molecule has 2 N–H and O–H groups in total. The number of fused-ring (bicyclic) bond motifs is 1. The molecule has 4 nitrogen and oxygen atoms in total. The molecule has 21 heavy (non-hydrogen) atoms. The second-order valence-corrected chi connectivity index (χ2v) is 6.05. The van der Waals surface area contributed by atoms with Crippen molar-refractivity contribution in [3.8, 4) is 5.75 Å². The monoisotopic (exact) mass is 288 g/mol. The summed E-state index contributed by atoms with van der Waals surface area (Å²) in [5.41, 5.74) is 10.1. The van der Waals surface area contributed by atoms with E-state index >= 15 is 0 Å². The number of allylic oxidation sites excluding steroid dienone is 1. The van der Waals surface area contributed by atoms with Crippen LogP contribution in [0.5, 0.6) is 5.75 Å². The predicted molar refractivity (Wildman–Crippen MR) is 87.8 cm³/mol. The van der Waals surface area contributed by atoms with E-state index in [1.165, 1.54) is 5.57 Å². The van der Waals surface area contributed by atoms with Gasteiger partial charge in [0.05, 0.1) is 18.3 Å². The van der Waals surface area contributed by atoms with Crippen molar-refractivity contribution in [2.45, 2.75) is 39.2 Å². The number of aldehydes is 1. The SMILES string of the molecule is COc1cc2c(cc1N)C(C)=CC(C)(C)N2CCCC=O. The van der Waals surface area contributed by atoms with Crippen molar-refractivity contribution in [3.05, 3.63) is 23.8 Å². The highest BCUT2D eigenvalue weighted by Crippen LogP contribution is 2.42. The molecule has 0 radical (unpaired) electrons. The van der Waals surface area contributed by atoms with Crippen LogP contribution in [-0.4, -0.2) is 25.5 Å². The van der Waals surface area contributed by atoms with Gasteiger partial charge in [-0.25, -0.2) is 0 Å². The molecule has 4 heteroatoms. The molecule has 1 aliphatic heterocycles. The van der Waals surface area contributed by atoms with Crippen molar-refractivity contribution in [3.63, 3.8) is 0 Å². The molecule has 1 heterocycles. The molecule has 1 aliphatic rings. The molecule has 0 spiro atoms. The third kappa shape index (κ3) is 2.89. The number of benzene rings is 1. The van der Waals surface area contributed by atoms with Crippen molar-refractivity contribution >= 4 is 23.2 Å². The summed E-state index contributed by atoms with van der Waals surface area (Å²) < 4.78 is 5.36. The molecule has 0 bridgehead atoms. The highest BCUT2D eigenvalue weighted by atomic mass is 16.5. The fourth-order valence-electron chi connectivity index (χ4n) is 3.04. The molecule has 0 atom stereocenters. The molecule has 0 fully saturated rings. The van der Waals surface area contributed by atoms with E-state index in [1.54, 1.807) is 7.11 Å². The topological polar surface area (TPSA) is 55.6 Å². The number of hydrogen-bond acceptors (Lipinski definition) is 4. The Labute approximate surface area is 126 Å². The fourth-order valence-corrected chi connectivity index (χ4v) is 3.04. The summed E-state index contributed by atoms with van der Waals surface area (Å²) in [6.07, 6.45) is 4.65. The van der Waals surface area contributed by atoms with Crippen LogP contribution in [0.3, 0.4) is 0 Å². The third-order valence-electron chi connectivity index (χ3n) is 4.03. The van der Waals surface area contributed by atoms with Crippen molar-refractivity contribution in [1.29, 1.82) is 0 Å². The summed E-state index contributed by atoms with van der Waals surface area (Å²) in [6, 6.07) is 3.98. The molecule has 0 unspecified atom stereocenters. The van der Waals surface area contributed by atoms with E-state index in [2.05, 4.69) is 31.7 Å². The van der Waals surface area contributed by atoms with Gasteiger partial charge in [0.2, 0.25) is 0 Å². The Balaban J connectivity index is 2.48. The molecule has 0 saturated heterocycles. The van der Waals surface area contributed by atoms with Gasteiger partial charge in [0.25, 0.3) is 0 Å². The van der Waals surface area contributed by atoms with E-state index in [1.807, 2.05) is 12.1 Å². The normalized spacial score (nSPS) is 16.2. The van der Waals surface area contributed by atoms with Crippen molar-refractivity contribution < 1.29 is 9.53 Å². The number of ether oxygens (including phenoxy) is 1. The number of carbonyl (C=O) groups is 1. The van der Waals surface area contributed by atoms with Crippen LogP contribution in [0.25, 0.3) is 5.57 Å². The van der Waals surface area contributed by atoms with Crippen LogP contribution in [0.2, 0.25) is 0 Å². The minimum Gasteiger partial charge on any atom is -0.495 e. The van der Waals surface area contributed by atoms with Crippen molar-refractivity contribution in [2.24, 2.45) is 0 Å². The first-order chi connectivity index (χ1) is 9.90. The zero-order valence-electron chi connectivity index (χ0n) is 13.3. The van der Waals surface area contributed by atoms with Gasteiger partial charge in [-0.2, -0.15) is 0 Å². The molecular weight excluding hydrogens is 264 g/mol. The molecule has 0 aromatic heterocycles. The van der Waals surface area contributed by atoms with Gasteiger partial charge >= 0.3 is 0 Å². The maximum Gasteiger partial charge on any atom is 0.143 e. The average molecular weight is 288 g/mol. The summed E-state index contributed by atoms with van der Waals surface area (Å²) >= 11 is 0.